The lowest BCUT2D eigenvalue weighted by Crippen LogP contribution is -2.06. The fraction of sp³-hybridized carbons (Fsp3) is 0.333. The van der Waals surface area contributed by atoms with E-state index in [1.54, 1.807) is 0 Å². The van der Waals surface area contributed by atoms with Crippen LogP contribution in [-0.4, -0.2) is 62.1 Å². The van der Waals surface area contributed by atoms with Crippen molar-refractivity contribution in [2.75, 3.05) is 39.6 Å². The van der Waals surface area contributed by atoms with Crippen LogP contribution in [0.5, 0.6) is 0 Å². The van der Waals surface area contributed by atoms with Crippen LogP contribution in [0.3, 0.4) is 0 Å². The Morgan fingerprint density at radius 2 is 0.690 bits per heavy atom. The van der Waals surface area contributed by atoms with Gasteiger partial charge in [-0.05, 0) is 0 Å². The molecule has 2 atom stereocenters. The zero-order valence-corrected chi connectivity index (χ0v) is 18.8. The maximum absolute atomic E-state index is 7.62. The minimum Gasteiger partial charge on any atom is -0.394 e. The lowest BCUT2D eigenvalue weighted by Gasteiger charge is -1.95. The standard InChI is InChI=1S/C6H10O3.C2H6O2.8C2H4/c1(5-3-8-5)7-2-6-4-9-6;3-1-2-4;8*1-2/h5-6H,1-4H2;3-4H,1-2H2;8*1-2H2. The second-order valence-electron chi connectivity index (χ2n) is 2.90. The maximum Gasteiger partial charge on any atom is 0.104 e. The average Bonchev–Trinajstić information content (AvgIpc) is 3.81. The quantitative estimate of drug-likeness (QED) is 0.476. The minimum atomic E-state index is -0.125. The second-order valence-corrected chi connectivity index (χ2v) is 2.90. The normalized spacial score (nSPS) is 14.1. The summed E-state index contributed by atoms with van der Waals surface area (Å²) >= 11 is 0. The molecule has 0 spiro atoms. The van der Waals surface area contributed by atoms with Crippen LogP contribution in [0.1, 0.15) is 0 Å². The SMILES string of the molecule is C(OCC1CO1)C1CO1.C=C.C=C.C=C.C=C.C=C.C=C.C=C.C=C.OCCO. The average molecular weight is 417 g/mol. The molecule has 0 radical (unpaired) electrons. The molecular formula is C24H48O5. The molecule has 2 fully saturated rings. The van der Waals surface area contributed by atoms with E-state index in [4.69, 9.17) is 24.4 Å². The Kier molecular flexibility index (Phi) is 169. The summed E-state index contributed by atoms with van der Waals surface area (Å²) in [4.78, 5) is 0. The first-order valence-corrected chi connectivity index (χ1v) is 8.39. The minimum absolute atomic E-state index is 0.125. The molecule has 0 aromatic carbocycles. The van der Waals surface area contributed by atoms with Crippen LogP contribution in [0.2, 0.25) is 0 Å². The Labute approximate surface area is 182 Å². The summed E-state index contributed by atoms with van der Waals surface area (Å²) in [6.07, 6.45) is 0.785. The lowest BCUT2D eigenvalue weighted by molar-refractivity contribution is 0.102. The van der Waals surface area contributed by atoms with E-state index in [1.807, 2.05) is 0 Å². The van der Waals surface area contributed by atoms with Gasteiger partial charge in [-0.1, -0.05) is 0 Å². The molecule has 0 aliphatic carbocycles. The van der Waals surface area contributed by atoms with Crippen LogP contribution in [0, 0.1) is 0 Å². The predicted octanol–water partition coefficient (Wildman–Crippen LogP) is 5.19. The number of rotatable bonds is 5. The largest absolute Gasteiger partial charge is 0.394 e. The van der Waals surface area contributed by atoms with Crippen molar-refractivity contribution in [3.8, 4) is 0 Å². The molecule has 0 aromatic heterocycles. The van der Waals surface area contributed by atoms with Crippen LogP contribution in [0.25, 0.3) is 0 Å². The zero-order chi connectivity index (χ0) is 25.5. The Balaban J connectivity index is -0.0000000321. The molecule has 2 aliphatic heterocycles. The molecule has 174 valence electrons. The van der Waals surface area contributed by atoms with Gasteiger partial charge in [-0.3, -0.25) is 0 Å². The topological polar surface area (TPSA) is 74.8 Å². The van der Waals surface area contributed by atoms with E-state index in [0.29, 0.717) is 12.2 Å². The first-order valence-electron chi connectivity index (χ1n) is 8.39. The number of hydrogen-bond acceptors (Lipinski definition) is 5. The van der Waals surface area contributed by atoms with Gasteiger partial charge in [0.05, 0.1) is 39.6 Å². The molecule has 2 unspecified atom stereocenters. The van der Waals surface area contributed by atoms with Crippen molar-refractivity contribution in [2.45, 2.75) is 12.2 Å². The van der Waals surface area contributed by atoms with Gasteiger partial charge in [0.15, 0.2) is 0 Å². The summed E-state index contributed by atoms with van der Waals surface area (Å²) < 4.78 is 15.1. The van der Waals surface area contributed by atoms with Crippen molar-refractivity contribution >= 4 is 0 Å². The summed E-state index contributed by atoms with van der Waals surface area (Å²) in [5, 5.41) is 15.2. The summed E-state index contributed by atoms with van der Waals surface area (Å²) in [6.45, 7) is 51.0. The van der Waals surface area contributed by atoms with Gasteiger partial charge >= 0.3 is 0 Å². The summed E-state index contributed by atoms with van der Waals surface area (Å²) in [7, 11) is 0. The molecule has 0 saturated carbocycles. The highest BCUT2D eigenvalue weighted by Crippen LogP contribution is 2.12. The van der Waals surface area contributed by atoms with Crippen molar-refractivity contribution in [1.82, 2.24) is 0 Å². The van der Waals surface area contributed by atoms with Gasteiger partial charge in [0.1, 0.15) is 12.2 Å². The highest BCUT2D eigenvalue weighted by atomic mass is 16.6. The Morgan fingerprint density at radius 1 is 0.517 bits per heavy atom. The Hall–Kier alpha value is -2.28. The molecule has 5 heteroatoms. The fourth-order valence-electron chi connectivity index (χ4n) is 0.659. The van der Waals surface area contributed by atoms with Crippen molar-refractivity contribution in [3.63, 3.8) is 0 Å². The Morgan fingerprint density at radius 3 is 0.793 bits per heavy atom. The van der Waals surface area contributed by atoms with Crippen molar-refractivity contribution in [2.24, 2.45) is 0 Å². The van der Waals surface area contributed by atoms with Gasteiger partial charge in [-0.15, -0.1) is 105 Å². The second kappa shape index (κ2) is 97.1. The molecule has 2 heterocycles. The van der Waals surface area contributed by atoms with E-state index < -0.39 is 0 Å². The third-order valence-electron chi connectivity index (χ3n) is 1.51. The molecule has 2 aliphatic rings. The van der Waals surface area contributed by atoms with E-state index in [0.717, 1.165) is 26.4 Å². The zero-order valence-electron chi connectivity index (χ0n) is 18.8. The molecular weight excluding hydrogens is 368 g/mol. The lowest BCUT2D eigenvalue weighted by atomic mass is 10.5. The first-order chi connectivity index (χ1) is 14.4. The van der Waals surface area contributed by atoms with Crippen LogP contribution < -0.4 is 0 Å². The van der Waals surface area contributed by atoms with E-state index in [-0.39, 0.29) is 13.2 Å². The van der Waals surface area contributed by atoms with Crippen LogP contribution in [-0.2, 0) is 14.2 Å². The summed E-state index contributed by atoms with van der Waals surface area (Å²) in [6, 6.07) is 0. The number of aliphatic hydroxyl groups excluding tert-OH is 2. The van der Waals surface area contributed by atoms with Gasteiger partial charge < -0.3 is 24.4 Å². The van der Waals surface area contributed by atoms with Crippen molar-refractivity contribution in [3.05, 3.63) is 105 Å². The fourth-order valence-corrected chi connectivity index (χ4v) is 0.659. The summed E-state index contributed by atoms with van der Waals surface area (Å²) in [5.41, 5.74) is 0. The highest BCUT2D eigenvalue weighted by molar-refractivity contribution is 4.71. The van der Waals surface area contributed by atoms with Gasteiger partial charge in [0.25, 0.3) is 0 Å². The molecule has 0 bridgehead atoms. The smallest absolute Gasteiger partial charge is 0.104 e. The van der Waals surface area contributed by atoms with E-state index in [2.05, 4.69) is 105 Å². The highest BCUT2D eigenvalue weighted by Gasteiger charge is 2.26. The first kappa shape index (κ1) is 50.4. The summed E-state index contributed by atoms with van der Waals surface area (Å²) in [5.74, 6) is 0. The number of ether oxygens (including phenoxy) is 3. The van der Waals surface area contributed by atoms with Gasteiger partial charge in [-0.25, -0.2) is 0 Å². The van der Waals surface area contributed by atoms with Crippen LogP contribution in [0.4, 0.5) is 0 Å². The van der Waals surface area contributed by atoms with Gasteiger partial charge in [-0.2, -0.15) is 0 Å². The van der Waals surface area contributed by atoms with E-state index in [9.17, 15) is 0 Å². The molecule has 2 saturated heterocycles. The third kappa shape index (κ3) is 126. The third-order valence-corrected chi connectivity index (χ3v) is 1.51. The molecule has 29 heavy (non-hydrogen) atoms. The van der Waals surface area contributed by atoms with E-state index >= 15 is 0 Å². The van der Waals surface area contributed by atoms with Crippen LogP contribution in [0.15, 0.2) is 105 Å². The molecule has 2 rings (SSSR count). The number of aliphatic hydroxyl groups is 2. The maximum atomic E-state index is 7.62. The van der Waals surface area contributed by atoms with Gasteiger partial charge in [0, 0.05) is 0 Å². The van der Waals surface area contributed by atoms with Crippen LogP contribution >= 0.6 is 0 Å². The van der Waals surface area contributed by atoms with Crippen molar-refractivity contribution in [1.29, 1.82) is 0 Å². The van der Waals surface area contributed by atoms with E-state index in [1.165, 1.54) is 0 Å². The number of epoxide rings is 2. The molecule has 2 N–H and O–H groups in total. The molecule has 5 nitrogen and oxygen atoms in total. The van der Waals surface area contributed by atoms with Gasteiger partial charge in [0.2, 0.25) is 0 Å². The monoisotopic (exact) mass is 416 g/mol. The molecule has 0 aromatic rings. The number of hydrogen-bond donors (Lipinski definition) is 2. The molecule has 0 amide bonds. The predicted molar refractivity (Wildman–Crippen MR) is 135 cm³/mol. The van der Waals surface area contributed by atoms with Crippen molar-refractivity contribution < 1.29 is 24.4 Å². The Bertz CT molecular complexity index is 181.